The summed E-state index contributed by atoms with van der Waals surface area (Å²) in [5, 5.41) is 4.79. The minimum Gasteiger partial charge on any atom is -0.355 e. The molecule has 0 aromatic carbocycles. The molecule has 0 saturated carbocycles. The monoisotopic (exact) mass is 351 g/mol. The van der Waals surface area contributed by atoms with Crippen molar-refractivity contribution in [2.75, 3.05) is 13.1 Å². The molecule has 2 N–H and O–H groups in total. The molecule has 1 aromatic rings. The van der Waals surface area contributed by atoms with E-state index >= 15 is 0 Å². The van der Waals surface area contributed by atoms with Crippen molar-refractivity contribution in [1.82, 2.24) is 24.3 Å². The second kappa shape index (κ2) is 9.21. The molecular formula is C15H21N5O5. The van der Waals surface area contributed by atoms with E-state index in [-0.39, 0.29) is 19.6 Å². The van der Waals surface area contributed by atoms with E-state index < -0.39 is 35.4 Å². The van der Waals surface area contributed by atoms with Gasteiger partial charge < -0.3 is 10.6 Å². The van der Waals surface area contributed by atoms with Crippen LogP contribution in [-0.4, -0.2) is 38.6 Å². The summed E-state index contributed by atoms with van der Waals surface area (Å²) < 4.78 is 2.20. The Kier molecular flexibility index (Phi) is 7.32. The Morgan fingerprint density at radius 2 is 1.36 bits per heavy atom. The average Bonchev–Trinajstić information content (AvgIpc) is 2.58. The van der Waals surface area contributed by atoms with Gasteiger partial charge in [-0.1, -0.05) is 12.2 Å². The van der Waals surface area contributed by atoms with E-state index in [0.717, 1.165) is 9.13 Å². The molecule has 0 aliphatic heterocycles. The zero-order chi connectivity index (χ0) is 19.0. The number of carbonyl (C=O) groups excluding carboxylic acids is 2. The van der Waals surface area contributed by atoms with Crippen LogP contribution in [0.25, 0.3) is 0 Å². The summed E-state index contributed by atoms with van der Waals surface area (Å²) >= 11 is 0. The maximum Gasteiger partial charge on any atom is 0.337 e. The molecule has 2 amide bonds. The molecule has 10 nitrogen and oxygen atoms in total. The van der Waals surface area contributed by atoms with E-state index in [4.69, 9.17) is 0 Å². The molecule has 136 valence electrons. The third-order valence-electron chi connectivity index (χ3n) is 3.13. The summed E-state index contributed by atoms with van der Waals surface area (Å²) in [6.45, 7) is 7.91. The Morgan fingerprint density at radius 1 is 0.880 bits per heavy atom. The van der Waals surface area contributed by atoms with Crippen molar-refractivity contribution >= 4 is 11.8 Å². The number of aromatic nitrogens is 3. The lowest BCUT2D eigenvalue weighted by molar-refractivity contribution is -0.126. The highest BCUT2D eigenvalue weighted by Crippen LogP contribution is 1.80. The molecule has 0 aliphatic rings. The van der Waals surface area contributed by atoms with Gasteiger partial charge in [-0.2, -0.15) is 0 Å². The molecule has 1 aromatic heterocycles. The van der Waals surface area contributed by atoms with Crippen LogP contribution in [0.1, 0.15) is 6.92 Å². The van der Waals surface area contributed by atoms with Gasteiger partial charge in [0.05, 0.1) is 19.6 Å². The van der Waals surface area contributed by atoms with Crippen molar-refractivity contribution in [1.29, 1.82) is 0 Å². The molecule has 1 heterocycles. The molecule has 0 saturated heterocycles. The smallest absolute Gasteiger partial charge is 0.337 e. The first-order chi connectivity index (χ1) is 11.9. The van der Waals surface area contributed by atoms with Gasteiger partial charge in [0, 0.05) is 6.54 Å². The summed E-state index contributed by atoms with van der Waals surface area (Å²) in [5.41, 5.74) is -2.67. The topological polar surface area (TPSA) is 124 Å². The number of rotatable bonds is 9. The number of hydrogen-bond donors (Lipinski definition) is 2. The summed E-state index contributed by atoms with van der Waals surface area (Å²) in [6, 6.07) is 0. The van der Waals surface area contributed by atoms with E-state index in [0.29, 0.717) is 11.1 Å². The molecule has 0 unspecified atom stereocenters. The molecule has 1 rings (SSSR count). The van der Waals surface area contributed by atoms with Crippen LogP contribution in [-0.2, 0) is 29.2 Å². The maximum absolute atomic E-state index is 12.3. The molecule has 0 aliphatic carbocycles. The Morgan fingerprint density at radius 3 is 1.80 bits per heavy atom. The van der Waals surface area contributed by atoms with Crippen molar-refractivity contribution in [3.05, 3.63) is 56.8 Å². The molecule has 25 heavy (non-hydrogen) atoms. The minimum atomic E-state index is -0.927. The SMILES string of the molecule is C=CCn1c(=O)n(CC=C)c(=O)n(CC(=O)NCC(=O)NCC)c1=O. The third kappa shape index (κ3) is 4.90. The van der Waals surface area contributed by atoms with Crippen LogP contribution in [0, 0.1) is 0 Å². The first-order valence-corrected chi connectivity index (χ1v) is 7.57. The molecule has 10 heteroatoms. The van der Waals surface area contributed by atoms with Gasteiger partial charge in [-0.05, 0) is 6.92 Å². The third-order valence-corrected chi connectivity index (χ3v) is 3.13. The molecule has 0 fully saturated rings. The Balaban J connectivity index is 3.19. The lowest BCUT2D eigenvalue weighted by Gasteiger charge is -2.12. The maximum atomic E-state index is 12.3. The van der Waals surface area contributed by atoms with Crippen LogP contribution >= 0.6 is 0 Å². The minimum absolute atomic E-state index is 0.115. The number of nitrogens with zero attached hydrogens (tertiary/aromatic N) is 3. The average molecular weight is 351 g/mol. The van der Waals surface area contributed by atoms with Crippen LogP contribution in [0.4, 0.5) is 0 Å². The summed E-state index contributed by atoms with van der Waals surface area (Å²) in [5.74, 6) is -1.11. The van der Waals surface area contributed by atoms with Gasteiger partial charge in [0.25, 0.3) is 0 Å². The zero-order valence-corrected chi connectivity index (χ0v) is 14.0. The second-order valence-corrected chi connectivity index (χ2v) is 4.96. The van der Waals surface area contributed by atoms with Gasteiger partial charge in [0.2, 0.25) is 11.8 Å². The summed E-state index contributed by atoms with van der Waals surface area (Å²) in [7, 11) is 0. The lowest BCUT2D eigenvalue weighted by atomic mass is 10.5. The van der Waals surface area contributed by atoms with Crippen molar-refractivity contribution in [3.63, 3.8) is 0 Å². The van der Waals surface area contributed by atoms with E-state index in [2.05, 4.69) is 23.8 Å². The van der Waals surface area contributed by atoms with Crippen LogP contribution in [0.5, 0.6) is 0 Å². The zero-order valence-electron chi connectivity index (χ0n) is 14.0. The van der Waals surface area contributed by atoms with E-state index in [1.165, 1.54) is 12.2 Å². The highest BCUT2D eigenvalue weighted by molar-refractivity contribution is 5.84. The van der Waals surface area contributed by atoms with Gasteiger partial charge in [0.15, 0.2) is 0 Å². The number of hydrogen-bond acceptors (Lipinski definition) is 5. The standard InChI is InChI=1S/C15H21N5O5/c1-4-7-18-13(23)19(8-5-2)15(25)20(14(18)24)10-12(22)17-9-11(21)16-6-3/h4-5H,1-2,6-10H2,3H3,(H,16,21)(H,17,22). The fourth-order valence-corrected chi connectivity index (χ4v) is 2.03. The highest BCUT2D eigenvalue weighted by Gasteiger charge is 2.16. The van der Waals surface area contributed by atoms with Crippen LogP contribution in [0.2, 0.25) is 0 Å². The van der Waals surface area contributed by atoms with Crippen LogP contribution < -0.4 is 27.7 Å². The Hall–Kier alpha value is -3.17. The predicted molar refractivity (Wildman–Crippen MR) is 91.3 cm³/mol. The summed E-state index contributed by atoms with van der Waals surface area (Å²) in [6.07, 6.45) is 2.65. The van der Waals surface area contributed by atoms with Gasteiger partial charge >= 0.3 is 17.1 Å². The number of allylic oxidation sites excluding steroid dienone is 2. The fraction of sp³-hybridized carbons (Fsp3) is 0.400. The number of carbonyl (C=O) groups is 2. The van der Waals surface area contributed by atoms with Gasteiger partial charge in [-0.25, -0.2) is 28.1 Å². The lowest BCUT2D eigenvalue weighted by Crippen LogP contribution is -2.55. The second-order valence-electron chi connectivity index (χ2n) is 4.96. The highest BCUT2D eigenvalue weighted by atomic mass is 16.2. The fourth-order valence-electron chi connectivity index (χ4n) is 2.03. The van der Waals surface area contributed by atoms with Gasteiger partial charge in [-0.3, -0.25) is 9.59 Å². The Labute approximate surface area is 143 Å². The van der Waals surface area contributed by atoms with E-state index in [9.17, 15) is 24.0 Å². The molecule has 0 bridgehead atoms. The molecule has 0 atom stereocenters. The van der Waals surface area contributed by atoms with Crippen LogP contribution in [0.15, 0.2) is 39.7 Å². The van der Waals surface area contributed by atoms with Crippen molar-refractivity contribution in [2.24, 2.45) is 0 Å². The van der Waals surface area contributed by atoms with Gasteiger partial charge in [-0.15, -0.1) is 13.2 Å². The first kappa shape index (κ1) is 19.9. The molecular weight excluding hydrogens is 330 g/mol. The molecule has 0 spiro atoms. The largest absolute Gasteiger partial charge is 0.355 e. The Bertz CT molecular complexity index is 797. The summed E-state index contributed by atoms with van der Waals surface area (Å²) in [4.78, 5) is 60.1. The van der Waals surface area contributed by atoms with Crippen molar-refractivity contribution in [2.45, 2.75) is 26.6 Å². The number of nitrogens with one attached hydrogen (secondary N) is 2. The quantitative estimate of drug-likeness (QED) is 0.489. The van der Waals surface area contributed by atoms with Crippen LogP contribution in [0.3, 0.4) is 0 Å². The number of amides is 2. The predicted octanol–water partition coefficient (Wildman–Crippen LogP) is -2.20. The van der Waals surface area contributed by atoms with Gasteiger partial charge in [0.1, 0.15) is 6.54 Å². The van der Waals surface area contributed by atoms with Crippen molar-refractivity contribution in [3.8, 4) is 0 Å². The van der Waals surface area contributed by atoms with Crippen molar-refractivity contribution < 1.29 is 9.59 Å². The first-order valence-electron chi connectivity index (χ1n) is 7.57. The molecule has 0 radical (unpaired) electrons. The van der Waals surface area contributed by atoms with E-state index in [1.807, 2.05) is 0 Å². The number of likely N-dealkylation sites (N-methyl/N-ethyl adjacent to an activating group) is 1. The van der Waals surface area contributed by atoms with E-state index in [1.54, 1.807) is 6.92 Å². The normalized spacial score (nSPS) is 10.1.